The van der Waals surface area contributed by atoms with E-state index in [4.69, 9.17) is 9.57 Å². The van der Waals surface area contributed by atoms with E-state index in [0.717, 1.165) is 10.1 Å². The molecule has 1 fully saturated rings. The first-order valence-corrected chi connectivity index (χ1v) is 13.1. The van der Waals surface area contributed by atoms with Crippen LogP contribution in [0, 0.1) is 0 Å². The van der Waals surface area contributed by atoms with Crippen LogP contribution >= 0.6 is 46.6 Å². The van der Waals surface area contributed by atoms with E-state index in [1.807, 2.05) is 0 Å². The Balaban J connectivity index is 1.47. The van der Waals surface area contributed by atoms with Gasteiger partial charge in [-0.1, -0.05) is 28.3 Å². The average molecular weight is 516 g/mol. The fraction of sp³-hybridized carbons (Fsp3) is 0.412. The number of nitrogens with one attached hydrogen (secondary N) is 1. The van der Waals surface area contributed by atoms with Crippen LogP contribution in [-0.4, -0.2) is 86.1 Å². The monoisotopic (exact) mass is 515 g/mol. The maximum absolute atomic E-state index is 12.8. The van der Waals surface area contributed by atoms with Crippen LogP contribution in [0.1, 0.15) is 0 Å². The van der Waals surface area contributed by atoms with Gasteiger partial charge in [-0.3, -0.25) is 14.5 Å². The number of hydrogen-bond donors (Lipinski definition) is 2. The molecule has 1 aromatic rings. The SMILES string of the molecule is CON=C(C(=O)NC1C(=O)N2C(C(=O)O)=C(CSc3nncs3)CS[C@@H]12)C1=CSCCO1. The average Bonchev–Trinajstić information content (AvgIpc) is 3.33. The zero-order valence-electron chi connectivity index (χ0n) is 16.5. The van der Waals surface area contributed by atoms with Gasteiger partial charge >= 0.3 is 5.97 Å². The molecule has 0 saturated carbocycles. The fourth-order valence-electron chi connectivity index (χ4n) is 3.16. The van der Waals surface area contributed by atoms with Gasteiger partial charge in [-0.2, -0.15) is 0 Å². The van der Waals surface area contributed by atoms with Crippen LogP contribution < -0.4 is 5.32 Å². The van der Waals surface area contributed by atoms with E-state index < -0.39 is 29.2 Å². The number of carbonyl (C=O) groups is 3. The minimum Gasteiger partial charge on any atom is -0.490 e. The summed E-state index contributed by atoms with van der Waals surface area (Å²) in [5.41, 5.74) is 2.11. The second-order valence-corrected chi connectivity index (χ2v) is 10.6. The van der Waals surface area contributed by atoms with Gasteiger partial charge in [0.25, 0.3) is 11.8 Å². The molecule has 15 heteroatoms. The summed E-state index contributed by atoms with van der Waals surface area (Å²) in [6.45, 7) is 0.422. The highest BCUT2D eigenvalue weighted by atomic mass is 32.2. The molecule has 1 unspecified atom stereocenters. The predicted molar refractivity (Wildman–Crippen MR) is 121 cm³/mol. The van der Waals surface area contributed by atoms with E-state index in [0.29, 0.717) is 23.7 Å². The van der Waals surface area contributed by atoms with Crippen LogP contribution in [-0.2, 0) is 24.0 Å². The molecule has 2 N–H and O–H groups in total. The number of carboxylic acids is 1. The number of fused-ring (bicyclic) bond motifs is 1. The van der Waals surface area contributed by atoms with Crippen molar-refractivity contribution in [2.75, 3.05) is 31.0 Å². The Morgan fingerprint density at radius 3 is 3.00 bits per heavy atom. The van der Waals surface area contributed by atoms with Crippen molar-refractivity contribution in [1.82, 2.24) is 20.4 Å². The quantitative estimate of drug-likeness (QED) is 0.221. The summed E-state index contributed by atoms with van der Waals surface area (Å²) < 4.78 is 6.19. The van der Waals surface area contributed by atoms with Crippen LogP contribution in [0.2, 0.25) is 0 Å². The van der Waals surface area contributed by atoms with Crippen molar-refractivity contribution >= 4 is 70.1 Å². The summed E-state index contributed by atoms with van der Waals surface area (Å²) in [6.07, 6.45) is 0. The maximum Gasteiger partial charge on any atom is 0.352 e. The molecule has 3 aliphatic heterocycles. The summed E-state index contributed by atoms with van der Waals surface area (Å²) >= 11 is 5.60. The molecular formula is C17H17N5O6S4. The molecule has 4 rings (SSSR count). The Morgan fingerprint density at radius 2 is 2.34 bits per heavy atom. The molecular weight excluding hydrogens is 498 g/mol. The number of aromatic nitrogens is 2. The van der Waals surface area contributed by atoms with Crippen molar-refractivity contribution in [3.8, 4) is 0 Å². The van der Waals surface area contributed by atoms with E-state index in [1.165, 1.54) is 58.6 Å². The third-order valence-electron chi connectivity index (χ3n) is 4.53. The maximum atomic E-state index is 12.8. The summed E-state index contributed by atoms with van der Waals surface area (Å²) in [7, 11) is 1.31. The first-order valence-electron chi connectivity index (χ1n) is 9.17. The van der Waals surface area contributed by atoms with E-state index in [1.54, 1.807) is 10.9 Å². The lowest BCUT2D eigenvalue weighted by Gasteiger charge is -2.49. The van der Waals surface area contributed by atoms with Gasteiger partial charge in [0, 0.05) is 22.7 Å². The number of amides is 2. The second-order valence-electron chi connectivity index (χ2n) is 6.44. The molecule has 0 aromatic carbocycles. The number of thioether (sulfide) groups is 3. The smallest absolute Gasteiger partial charge is 0.352 e. The minimum atomic E-state index is -1.18. The highest BCUT2D eigenvalue weighted by Crippen LogP contribution is 2.41. The molecule has 32 heavy (non-hydrogen) atoms. The molecule has 4 heterocycles. The number of rotatable bonds is 8. The third kappa shape index (κ3) is 4.60. The van der Waals surface area contributed by atoms with Crippen molar-refractivity contribution in [3.63, 3.8) is 0 Å². The van der Waals surface area contributed by atoms with Gasteiger partial charge in [-0.25, -0.2) is 4.79 Å². The van der Waals surface area contributed by atoms with E-state index in [2.05, 4.69) is 20.7 Å². The van der Waals surface area contributed by atoms with Gasteiger partial charge < -0.3 is 20.0 Å². The van der Waals surface area contributed by atoms with Gasteiger partial charge in [0.05, 0.1) is 6.61 Å². The van der Waals surface area contributed by atoms with Gasteiger partial charge in [-0.15, -0.1) is 33.7 Å². The first kappa shape index (κ1) is 22.9. The Bertz CT molecular complexity index is 1010. The molecule has 0 aliphatic carbocycles. The second kappa shape index (κ2) is 10.1. The molecule has 0 radical (unpaired) electrons. The standard InChI is InChI=1S/C17H17N5O6S4/c1-27-21-10(9-6-29-3-2-28-9)13(23)19-11-14(24)22-12(16(25)26)8(4-30-15(11)22)5-31-17-20-18-7-32-17/h6-7,11,15H,2-5H2,1H3,(H,19,23)(H,25,26)/t11?,15-/m0/s1. The molecule has 170 valence electrons. The highest BCUT2D eigenvalue weighted by Gasteiger charge is 2.54. The summed E-state index contributed by atoms with van der Waals surface area (Å²) in [5, 5.41) is 25.0. The van der Waals surface area contributed by atoms with Crippen molar-refractivity contribution in [3.05, 3.63) is 27.9 Å². The molecule has 3 aliphatic rings. The molecule has 0 spiro atoms. The number of oxime groups is 1. The lowest BCUT2D eigenvalue weighted by Crippen LogP contribution is -2.71. The Labute approximate surface area is 199 Å². The number of nitrogens with zero attached hydrogens (tertiary/aromatic N) is 4. The van der Waals surface area contributed by atoms with Crippen molar-refractivity contribution in [2.24, 2.45) is 5.16 Å². The largest absolute Gasteiger partial charge is 0.490 e. The number of ether oxygens (including phenoxy) is 1. The van der Waals surface area contributed by atoms with Gasteiger partial charge in [0.15, 0.2) is 10.1 Å². The number of carboxylic acid groups (broad SMARTS) is 1. The Kier molecular flexibility index (Phi) is 7.27. The number of carbonyl (C=O) groups excluding carboxylic acids is 2. The molecule has 1 aromatic heterocycles. The van der Waals surface area contributed by atoms with Gasteiger partial charge in [-0.05, 0) is 5.57 Å². The lowest BCUT2D eigenvalue weighted by molar-refractivity contribution is -0.150. The summed E-state index contributed by atoms with van der Waals surface area (Å²) in [4.78, 5) is 43.6. The van der Waals surface area contributed by atoms with E-state index in [9.17, 15) is 19.5 Å². The Morgan fingerprint density at radius 1 is 1.50 bits per heavy atom. The molecule has 2 atom stereocenters. The van der Waals surface area contributed by atoms with E-state index in [-0.39, 0.29) is 17.2 Å². The third-order valence-corrected chi connectivity index (χ3v) is 8.60. The summed E-state index contributed by atoms with van der Waals surface area (Å²) in [5.74, 6) is -0.481. The molecule has 11 nitrogen and oxygen atoms in total. The lowest BCUT2D eigenvalue weighted by atomic mass is 10.0. The van der Waals surface area contributed by atoms with Crippen molar-refractivity contribution in [2.45, 2.75) is 15.8 Å². The number of aliphatic carboxylic acids is 1. The normalized spacial score (nSPS) is 23.0. The fourth-order valence-corrected chi connectivity index (χ4v) is 6.76. The van der Waals surface area contributed by atoms with Crippen molar-refractivity contribution in [1.29, 1.82) is 0 Å². The minimum absolute atomic E-state index is 0.0400. The van der Waals surface area contributed by atoms with Gasteiger partial charge in [0.2, 0.25) is 5.71 Å². The van der Waals surface area contributed by atoms with E-state index >= 15 is 0 Å². The van der Waals surface area contributed by atoms with Crippen molar-refractivity contribution < 1.29 is 29.1 Å². The Hall–Kier alpha value is -2.23. The molecule has 0 bridgehead atoms. The zero-order chi connectivity index (χ0) is 22.7. The molecule has 1 saturated heterocycles. The van der Waals surface area contributed by atoms with Crippen LogP contribution in [0.5, 0.6) is 0 Å². The van der Waals surface area contributed by atoms with Crippen LogP contribution in [0.15, 0.2) is 37.4 Å². The predicted octanol–water partition coefficient (Wildman–Crippen LogP) is 0.976. The highest BCUT2D eigenvalue weighted by molar-refractivity contribution is 8.02. The molecule has 2 amide bonds. The first-order chi connectivity index (χ1) is 15.5. The van der Waals surface area contributed by atoms with Gasteiger partial charge in [0.1, 0.15) is 29.7 Å². The van der Waals surface area contributed by atoms with Crippen LogP contribution in [0.25, 0.3) is 0 Å². The zero-order valence-corrected chi connectivity index (χ0v) is 19.8. The number of hydrogen-bond acceptors (Lipinski definition) is 12. The topological polar surface area (TPSA) is 143 Å². The van der Waals surface area contributed by atoms with Crippen LogP contribution in [0.3, 0.4) is 0 Å². The van der Waals surface area contributed by atoms with Crippen LogP contribution in [0.4, 0.5) is 0 Å². The number of β-lactam (4-membered cyclic amide) rings is 1. The summed E-state index contributed by atoms with van der Waals surface area (Å²) in [6, 6.07) is -0.877.